The second-order valence-corrected chi connectivity index (χ2v) is 8.29. The molecule has 0 aromatic carbocycles. The highest BCUT2D eigenvalue weighted by molar-refractivity contribution is 6.00. The van der Waals surface area contributed by atoms with Crippen LogP contribution in [-0.2, 0) is 6.18 Å². The number of hydrogen-bond donors (Lipinski definition) is 0. The third-order valence-electron chi connectivity index (χ3n) is 6.23. The second kappa shape index (κ2) is 8.62. The summed E-state index contributed by atoms with van der Waals surface area (Å²) in [4.78, 5) is 26.0. The van der Waals surface area contributed by atoms with Crippen molar-refractivity contribution in [2.75, 3.05) is 24.6 Å². The van der Waals surface area contributed by atoms with Crippen LogP contribution in [0.4, 0.5) is 19.0 Å². The fourth-order valence-electron chi connectivity index (χ4n) is 4.82. The number of ether oxygens (including phenoxy) is 1. The molecule has 2 aliphatic heterocycles. The molecule has 2 unspecified atom stereocenters. The van der Waals surface area contributed by atoms with Crippen molar-refractivity contribution in [1.29, 1.82) is 0 Å². The highest BCUT2D eigenvalue weighted by Crippen LogP contribution is 2.38. The molecular weight excluding hydrogens is 449 g/mol. The second-order valence-electron chi connectivity index (χ2n) is 8.29. The molecule has 3 aromatic rings. The third-order valence-corrected chi connectivity index (χ3v) is 6.23. The smallest absolute Gasteiger partial charge is 0.416 e. The highest BCUT2D eigenvalue weighted by Gasteiger charge is 2.43. The fourth-order valence-corrected chi connectivity index (χ4v) is 4.82. The summed E-state index contributed by atoms with van der Waals surface area (Å²) in [7, 11) is 0. The van der Waals surface area contributed by atoms with E-state index in [0.717, 1.165) is 25.0 Å². The number of amides is 1. The minimum absolute atomic E-state index is 0.126. The Labute approximate surface area is 194 Å². The van der Waals surface area contributed by atoms with Gasteiger partial charge in [0.15, 0.2) is 5.82 Å². The molecule has 8 nitrogen and oxygen atoms in total. The number of halogens is 3. The van der Waals surface area contributed by atoms with Crippen molar-refractivity contribution in [3.05, 3.63) is 60.2 Å². The molecule has 2 saturated heterocycles. The summed E-state index contributed by atoms with van der Waals surface area (Å²) in [5, 5.41) is 4.22. The lowest BCUT2D eigenvalue weighted by atomic mass is 10.1. The van der Waals surface area contributed by atoms with Crippen molar-refractivity contribution in [2.45, 2.75) is 38.0 Å². The molecule has 0 aliphatic carbocycles. The summed E-state index contributed by atoms with van der Waals surface area (Å²) in [6.07, 6.45) is 3.16. The molecule has 0 radical (unpaired) electrons. The number of alkyl halides is 3. The van der Waals surface area contributed by atoms with Crippen molar-refractivity contribution < 1.29 is 22.7 Å². The summed E-state index contributed by atoms with van der Waals surface area (Å²) in [6.45, 7) is 2.95. The zero-order chi connectivity index (χ0) is 23.9. The van der Waals surface area contributed by atoms with Gasteiger partial charge in [0.2, 0.25) is 0 Å². The minimum Gasteiger partial charge on any atom is -0.493 e. The number of likely N-dealkylation sites (tertiary alicyclic amines) is 1. The van der Waals surface area contributed by atoms with E-state index < -0.39 is 11.7 Å². The molecule has 2 bridgehead atoms. The number of piperazine rings is 1. The van der Waals surface area contributed by atoms with Crippen molar-refractivity contribution in [3.8, 4) is 11.6 Å². The summed E-state index contributed by atoms with van der Waals surface area (Å²) in [5.41, 5.74) is -0.408. The molecule has 2 fully saturated rings. The van der Waals surface area contributed by atoms with Gasteiger partial charge in [-0.2, -0.15) is 18.3 Å². The van der Waals surface area contributed by atoms with Gasteiger partial charge in [-0.3, -0.25) is 4.79 Å². The molecule has 3 aromatic heterocycles. The predicted molar refractivity (Wildman–Crippen MR) is 117 cm³/mol. The number of fused-ring (bicyclic) bond motifs is 2. The number of rotatable bonds is 5. The third kappa shape index (κ3) is 3.95. The van der Waals surface area contributed by atoms with Crippen LogP contribution >= 0.6 is 0 Å². The molecule has 5 heterocycles. The Morgan fingerprint density at radius 1 is 1.12 bits per heavy atom. The van der Waals surface area contributed by atoms with Crippen LogP contribution in [0.5, 0.6) is 5.75 Å². The predicted octanol–water partition coefficient (Wildman–Crippen LogP) is 3.57. The lowest BCUT2D eigenvalue weighted by molar-refractivity contribution is -0.137. The maximum absolute atomic E-state index is 13.7. The van der Waals surface area contributed by atoms with Gasteiger partial charge in [-0.1, -0.05) is 0 Å². The van der Waals surface area contributed by atoms with Gasteiger partial charge >= 0.3 is 6.18 Å². The summed E-state index contributed by atoms with van der Waals surface area (Å²) < 4.78 is 47.0. The SMILES string of the molecule is CCOc1ccnc(-n2cccn2)c1C(=O)N1CC2CCC(C1)N2c1cc(C(F)(F)F)ccn1. The lowest BCUT2D eigenvalue weighted by Gasteiger charge is -2.42. The number of carbonyl (C=O) groups is 1. The highest BCUT2D eigenvalue weighted by atomic mass is 19.4. The average Bonchev–Trinajstić information content (AvgIpc) is 3.44. The maximum Gasteiger partial charge on any atom is 0.416 e. The van der Waals surface area contributed by atoms with E-state index in [1.165, 1.54) is 10.9 Å². The first-order valence-corrected chi connectivity index (χ1v) is 11.1. The number of nitrogens with zero attached hydrogens (tertiary/aromatic N) is 6. The minimum atomic E-state index is -4.44. The van der Waals surface area contributed by atoms with Crippen LogP contribution in [0.3, 0.4) is 0 Å². The van der Waals surface area contributed by atoms with E-state index in [0.29, 0.717) is 42.6 Å². The Bertz CT molecular complexity index is 1170. The van der Waals surface area contributed by atoms with Crippen LogP contribution in [0.1, 0.15) is 35.7 Å². The van der Waals surface area contributed by atoms with Crippen LogP contribution in [-0.4, -0.2) is 62.3 Å². The number of aromatic nitrogens is 4. The maximum atomic E-state index is 13.7. The molecular formula is C23H23F3N6O2. The molecule has 178 valence electrons. The summed E-state index contributed by atoms with van der Waals surface area (Å²) in [6, 6.07) is 5.20. The first-order valence-electron chi connectivity index (χ1n) is 11.1. The quantitative estimate of drug-likeness (QED) is 0.565. The van der Waals surface area contributed by atoms with E-state index in [9.17, 15) is 18.0 Å². The van der Waals surface area contributed by atoms with Crippen LogP contribution in [0.25, 0.3) is 5.82 Å². The Morgan fingerprint density at radius 3 is 2.50 bits per heavy atom. The molecule has 0 N–H and O–H groups in total. The lowest BCUT2D eigenvalue weighted by Crippen LogP contribution is -2.56. The average molecular weight is 472 g/mol. The first-order chi connectivity index (χ1) is 16.4. The van der Waals surface area contributed by atoms with Gasteiger partial charge in [0, 0.05) is 50.0 Å². The van der Waals surface area contributed by atoms with E-state index in [1.54, 1.807) is 35.6 Å². The van der Waals surface area contributed by atoms with Gasteiger partial charge in [0.05, 0.1) is 12.2 Å². The van der Waals surface area contributed by atoms with Gasteiger partial charge in [0.1, 0.15) is 17.1 Å². The van der Waals surface area contributed by atoms with Crippen LogP contribution in [0.2, 0.25) is 0 Å². The number of pyridine rings is 2. The first kappa shape index (κ1) is 22.2. The molecule has 0 spiro atoms. The fraction of sp³-hybridized carbons (Fsp3) is 0.391. The molecule has 0 saturated carbocycles. The van der Waals surface area contributed by atoms with Crippen LogP contribution in [0.15, 0.2) is 49.1 Å². The van der Waals surface area contributed by atoms with Crippen LogP contribution in [0, 0.1) is 0 Å². The standard InChI is InChI=1S/C23H23F3N6O2/c1-2-34-18-7-10-28-21(31-11-3-8-29-31)20(18)22(33)30-13-16-4-5-17(14-30)32(16)19-12-15(6-9-27-19)23(24,25)26/h3,6-12,16-17H,2,4-5,13-14H2,1H3. The Hall–Kier alpha value is -3.63. The zero-order valence-corrected chi connectivity index (χ0v) is 18.4. The Balaban J connectivity index is 1.44. The van der Waals surface area contributed by atoms with Crippen LogP contribution < -0.4 is 9.64 Å². The zero-order valence-electron chi connectivity index (χ0n) is 18.4. The van der Waals surface area contributed by atoms with Crippen molar-refractivity contribution in [3.63, 3.8) is 0 Å². The summed E-state index contributed by atoms with van der Waals surface area (Å²) in [5.74, 6) is 0.844. The summed E-state index contributed by atoms with van der Waals surface area (Å²) >= 11 is 0. The van der Waals surface area contributed by atoms with Gasteiger partial charge in [-0.25, -0.2) is 14.6 Å². The van der Waals surface area contributed by atoms with Gasteiger partial charge < -0.3 is 14.5 Å². The van der Waals surface area contributed by atoms with Gasteiger partial charge in [0.25, 0.3) is 5.91 Å². The molecule has 1 amide bonds. The number of carbonyl (C=O) groups excluding carboxylic acids is 1. The van der Waals surface area contributed by atoms with Gasteiger partial charge in [-0.05, 0) is 44.0 Å². The van der Waals surface area contributed by atoms with Crippen molar-refractivity contribution in [2.24, 2.45) is 0 Å². The normalized spacial score (nSPS) is 20.0. The van der Waals surface area contributed by atoms with E-state index in [4.69, 9.17) is 4.74 Å². The molecule has 2 aliphatic rings. The Morgan fingerprint density at radius 2 is 1.85 bits per heavy atom. The largest absolute Gasteiger partial charge is 0.493 e. The molecule has 34 heavy (non-hydrogen) atoms. The molecule has 5 rings (SSSR count). The number of anilines is 1. The molecule has 11 heteroatoms. The van der Waals surface area contributed by atoms with E-state index in [-0.39, 0.29) is 18.0 Å². The van der Waals surface area contributed by atoms with Crippen molar-refractivity contribution >= 4 is 11.7 Å². The van der Waals surface area contributed by atoms with E-state index in [2.05, 4.69) is 15.1 Å². The number of hydrogen-bond acceptors (Lipinski definition) is 6. The topological polar surface area (TPSA) is 76.4 Å². The van der Waals surface area contributed by atoms with Gasteiger partial charge in [-0.15, -0.1) is 0 Å². The van der Waals surface area contributed by atoms with E-state index >= 15 is 0 Å². The van der Waals surface area contributed by atoms with Crippen molar-refractivity contribution in [1.82, 2.24) is 24.6 Å². The van der Waals surface area contributed by atoms with E-state index in [1.807, 2.05) is 11.8 Å². The monoisotopic (exact) mass is 472 g/mol. The molecule has 2 atom stereocenters. The Kier molecular flexibility index (Phi) is 5.62.